The van der Waals surface area contributed by atoms with E-state index in [1.165, 1.54) is 12.8 Å². The van der Waals surface area contributed by atoms with Gasteiger partial charge in [-0.15, -0.1) is 5.10 Å². The number of anilines is 3. The highest BCUT2D eigenvalue weighted by Crippen LogP contribution is 2.38. The van der Waals surface area contributed by atoms with Crippen molar-refractivity contribution in [2.24, 2.45) is 5.73 Å². The van der Waals surface area contributed by atoms with E-state index in [1.54, 1.807) is 0 Å². The summed E-state index contributed by atoms with van der Waals surface area (Å²) in [6.07, 6.45) is 4.51. The van der Waals surface area contributed by atoms with Crippen LogP contribution in [0.1, 0.15) is 71.0 Å². The molecule has 2 unspecified atom stereocenters. The fourth-order valence-corrected chi connectivity index (χ4v) is 4.28. The quantitative estimate of drug-likeness (QED) is 0.538. The molecule has 7 heteroatoms. The summed E-state index contributed by atoms with van der Waals surface area (Å²) in [7, 11) is 0. The van der Waals surface area contributed by atoms with Gasteiger partial charge in [0.15, 0.2) is 11.5 Å². The van der Waals surface area contributed by atoms with Crippen LogP contribution in [0.15, 0.2) is 30.3 Å². The molecule has 0 bridgehead atoms. The van der Waals surface area contributed by atoms with Gasteiger partial charge in [-0.3, -0.25) is 0 Å². The highest BCUT2D eigenvalue weighted by molar-refractivity contribution is 5.78. The number of fused-ring (bicyclic) bond motifs is 1. The fourth-order valence-electron chi connectivity index (χ4n) is 4.28. The lowest BCUT2D eigenvalue weighted by atomic mass is 9.91. The van der Waals surface area contributed by atoms with Crippen LogP contribution in [0.4, 0.5) is 17.5 Å². The van der Waals surface area contributed by atoms with Gasteiger partial charge >= 0.3 is 0 Å². The molecule has 1 aromatic rings. The molecule has 1 saturated carbocycles. The van der Waals surface area contributed by atoms with E-state index in [2.05, 4.69) is 53.1 Å². The van der Waals surface area contributed by atoms with Gasteiger partial charge in [0, 0.05) is 23.8 Å². The summed E-state index contributed by atoms with van der Waals surface area (Å²) < 4.78 is 2.24. The van der Waals surface area contributed by atoms with Crippen LogP contribution in [0.2, 0.25) is 0 Å². The Kier molecular flexibility index (Phi) is 5.90. The summed E-state index contributed by atoms with van der Waals surface area (Å²) in [6, 6.07) is 10.6. The Labute approximate surface area is 178 Å². The van der Waals surface area contributed by atoms with E-state index in [0.717, 1.165) is 47.4 Å². The number of nitrogens with one attached hydrogen (secondary N) is 2. The predicted molar refractivity (Wildman–Crippen MR) is 122 cm³/mol. The van der Waals surface area contributed by atoms with Crippen LogP contribution in [-0.2, 0) is 0 Å². The van der Waals surface area contributed by atoms with Crippen molar-refractivity contribution in [3.63, 3.8) is 0 Å². The molecule has 0 spiro atoms. The molecule has 0 amide bonds. The lowest BCUT2D eigenvalue weighted by Gasteiger charge is -2.32. The van der Waals surface area contributed by atoms with Gasteiger partial charge in [-0.05, 0) is 44.7 Å². The molecule has 1 aliphatic carbocycles. The number of benzene rings is 1. The minimum absolute atomic E-state index is 0.142. The first-order valence-corrected chi connectivity index (χ1v) is 11.1. The first-order chi connectivity index (χ1) is 14.5. The zero-order chi connectivity index (χ0) is 21.3. The highest BCUT2D eigenvalue weighted by Gasteiger charge is 2.30. The average Bonchev–Trinajstić information content (AvgIpc) is 3.16. The molecule has 2 atom stereocenters. The molecule has 30 heavy (non-hydrogen) atoms. The molecule has 0 saturated heterocycles. The Bertz CT molecular complexity index is 948. The zero-order valence-corrected chi connectivity index (χ0v) is 18.4. The van der Waals surface area contributed by atoms with Crippen LogP contribution in [0.3, 0.4) is 0 Å². The van der Waals surface area contributed by atoms with Crippen molar-refractivity contribution < 1.29 is 0 Å². The van der Waals surface area contributed by atoms with Crippen molar-refractivity contribution in [1.82, 2.24) is 19.7 Å². The summed E-state index contributed by atoms with van der Waals surface area (Å²) in [4.78, 5) is 5.00. The third-order valence-corrected chi connectivity index (χ3v) is 5.87. The summed E-state index contributed by atoms with van der Waals surface area (Å²) in [5, 5.41) is 16.2. The lowest BCUT2D eigenvalue weighted by Crippen LogP contribution is -2.43. The maximum atomic E-state index is 6.45. The van der Waals surface area contributed by atoms with Crippen LogP contribution in [0.5, 0.6) is 0 Å². The van der Waals surface area contributed by atoms with Crippen molar-refractivity contribution in [3.05, 3.63) is 36.0 Å². The molecule has 0 aromatic heterocycles. The topological polar surface area (TPSA) is 93.7 Å². The lowest BCUT2D eigenvalue weighted by molar-refractivity contribution is 0.400. The largest absolute Gasteiger partial charge is 0.351 e. The van der Waals surface area contributed by atoms with E-state index >= 15 is 0 Å². The fraction of sp³-hybridized carbons (Fsp3) is 0.522. The number of hydrogen-bond acceptors (Lipinski definition) is 6. The molecule has 4 N–H and O–H groups in total. The van der Waals surface area contributed by atoms with E-state index in [4.69, 9.17) is 10.7 Å². The van der Waals surface area contributed by atoms with Crippen LogP contribution in [0, 0.1) is 0 Å². The van der Waals surface area contributed by atoms with Gasteiger partial charge in [-0.25, -0.2) is 0 Å². The molecule has 3 aliphatic rings. The van der Waals surface area contributed by atoms with Crippen LogP contribution >= 0.6 is 0 Å². The monoisotopic (exact) mass is 407 g/mol. The molecular weight excluding hydrogens is 374 g/mol. The molecule has 1 fully saturated rings. The smallest absolute Gasteiger partial charge is 0.205 e. The number of aromatic nitrogens is 4. The highest BCUT2D eigenvalue weighted by atomic mass is 15.3. The average molecular weight is 408 g/mol. The number of nitrogens with zero attached hydrogens (tertiary/aromatic N) is 4. The Morgan fingerprint density at radius 2 is 1.77 bits per heavy atom. The molecular formula is C23H33N7. The second-order valence-electron chi connectivity index (χ2n) is 8.88. The Hall–Kier alpha value is -2.67. The van der Waals surface area contributed by atoms with Gasteiger partial charge in [0.1, 0.15) is 0 Å². The van der Waals surface area contributed by atoms with Crippen molar-refractivity contribution in [3.8, 4) is 11.4 Å². The van der Waals surface area contributed by atoms with E-state index in [1.807, 2.05) is 30.3 Å². The minimum atomic E-state index is 0.142. The molecule has 160 valence electrons. The minimum Gasteiger partial charge on any atom is -0.351 e. The van der Waals surface area contributed by atoms with Crippen molar-refractivity contribution in [2.75, 3.05) is 10.6 Å². The van der Waals surface area contributed by atoms with Crippen molar-refractivity contribution in [2.45, 2.75) is 77.4 Å². The van der Waals surface area contributed by atoms with E-state index in [-0.39, 0.29) is 24.0 Å². The Morgan fingerprint density at radius 1 is 1.03 bits per heavy atom. The second kappa shape index (κ2) is 8.60. The van der Waals surface area contributed by atoms with E-state index in [0.29, 0.717) is 0 Å². The molecule has 7 nitrogen and oxygen atoms in total. The molecule has 1 aromatic carbocycles. The van der Waals surface area contributed by atoms with Gasteiger partial charge < -0.3 is 20.9 Å². The molecule has 2 heterocycles. The van der Waals surface area contributed by atoms with Crippen LogP contribution < -0.4 is 16.4 Å². The summed E-state index contributed by atoms with van der Waals surface area (Å²) in [5.41, 5.74) is 10.3. The standard InChI is InChI=1S/C23H33N7/c1-14(2)19-21-20(29-28-19)22(25-16-10-6-5-7-11-16)27-23(30(21)15(3)4)26-18-13-9-8-12-17(18)24/h5-7,10-11,14-15,17-18,25H,8-9,12-13,24H2,1-4H3,(H,26,27). The van der Waals surface area contributed by atoms with Gasteiger partial charge in [-0.1, -0.05) is 44.9 Å². The maximum Gasteiger partial charge on any atom is 0.205 e. The van der Waals surface area contributed by atoms with E-state index < -0.39 is 0 Å². The van der Waals surface area contributed by atoms with Gasteiger partial charge in [0.25, 0.3) is 0 Å². The normalized spacial score (nSPS) is 19.6. The summed E-state index contributed by atoms with van der Waals surface area (Å²) >= 11 is 0. The summed E-state index contributed by atoms with van der Waals surface area (Å²) in [6.45, 7) is 8.66. The Balaban J connectivity index is 1.85. The predicted octanol–water partition coefficient (Wildman–Crippen LogP) is 4.91. The SMILES string of the molecule is CC(C)c1nnc2c(Nc3ccccc3)nc(NC3CCCCC3N)n(C(C)C)c1-2. The molecule has 0 radical (unpaired) electrons. The van der Waals surface area contributed by atoms with Crippen LogP contribution in [-0.4, -0.2) is 31.8 Å². The van der Waals surface area contributed by atoms with Crippen molar-refractivity contribution in [1.29, 1.82) is 0 Å². The first-order valence-electron chi connectivity index (χ1n) is 11.1. The zero-order valence-electron chi connectivity index (χ0n) is 18.4. The number of rotatable bonds is 6. The number of hydrogen-bond donors (Lipinski definition) is 3. The third kappa shape index (κ3) is 3.99. The second-order valence-corrected chi connectivity index (χ2v) is 8.88. The first kappa shape index (κ1) is 20.6. The van der Waals surface area contributed by atoms with Gasteiger partial charge in [0.05, 0.1) is 11.4 Å². The summed E-state index contributed by atoms with van der Waals surface area (Å²) in [5.74, 6) is 1.81. The molecule has 2 aliphatic heterocycles. The Morgan fingerprint density at radius 3 is 2.43 bits per heavy atom. The van der Waals surface area contributed by atoms with Gasteiger partial charge in [-0.2, -0.15) is 10.1 Å². The maximum absolute atomic E-state index is 6.45. The van der Waals surface area contributed by atoms with E-state index in [9.17, 15) is 0 Å². The molecule has 4 rings (SSSR count). The number of nitrogens with two attached hydrogens (primary N) is 1. The number of para-hydroxylation sites is 1. The van der Waals surface area contributed by atoms with Crippen molar-refractivity contribution >= 4 is 17.5 Å². The third-order valence-electron chi connectivity index (χ3n) is 5.87. The van der Waals surface area contributed by atoms with Gasteiger partial charge in [0.2, 0.25) is 5.95 Å². The van der Waals surface area contributed by atoms with Crippen LogP contribution in [0.25, 0.3) is 11.4 Å².